The molecule has 1 heterocycles. The van der Waals surface area contributed by atoms with E-state index >= 15 is 0 Å². The number of carbonyl (C=O) groups is 1. The molecule has 0 radical (unpaired) electrons. The molecule has 4 rings (SSSR count). The van der Waals surface area contributed by atoms with Gasteiger partial charge in [-0.1, -0.05) is 42.5 Å². The summed E-state index contributed by atoms with van der Waals surface area (Å²) in [5, 5.41) is 12.5. The maximum Gasteiger partial charge on any atom is 0.230 e. The third kappa shape index (κ3) is 2.37. The molecule has 0 aliphatic heterocycles. The van der Waals surface area contributed by atoms with Gasteiger partial charge in [-0.05, 0) is 35.6 Å². The number of rotatable bonds is 3. The Morgan fingerprint density at radius 3 is 2.91 bits per heavy atom. The van der Waals surface area contributed by atoms with Gasteiger partial charge >= 0.3 is 0 Å². The molecule has 2 N–H and O–H groups in total. The number of nitrogens with zero attached hydrogens (tertiary/aromatic N) is 1. The third-order valence-electron chi connectivity index (χ3n) is 4.24. The van der Waals surface area contributed by atoms with Crippen molar-refractivity contribution >= 4 is 22.5 Å². The lowest BCUT2D eigenvalue weighted by Gasteiger charge is -2.05. The lowest BCUT2D eigenvalue weighted by atomic mass is 10.0. The molecule has 1 amide bonds. The Labute approximate surface area is 128 Å². The number of aromatic nitrogens is 2. The summed E-state index contributed by atoms with van der Waals surface area (Å²) in [6, 6.07) is 14.3. The molecule has 0 atom stereocenters. The van der Waals surface area contributed by atoms with Crippen molar-refractivity contribution in [3.8, 4) is 0 Å². The van der Waals surface area contributed by atoms with E-state index in [2.05, 4.69) is 39.8 Å². The standard InChI is InChI=1S/C18H17N3O/c22-17(19-18-15-6-3-7-16(15)20-21-18)11-12-8-9-13-4-1-2-5-14(13)10-12/h1-2,4-5,8-10H,3,6-7,11H2,(H2,19,20,21,22). The van der Waals surface area contributed by atoms with E-state index in [4.69, 9.17) is 0 Å². The van der Waals surface area contributed by atoms with Crippen LogP contribution in [0.25, 0.3) is 10.8 Å². The van der Waals surface area contributed by atoms with Gasteiger partial charge in [0.05, 0.1) is 6.42 Å². The van der Waals surface area contributed by atoms with E-state index in [1.165, 1.54) is 16.6 Å². The van der Waals surface area contributed by atoms with Gasteiger partial charge in [0.15, 0.2) is 5.82 Å². The zero-order valence-electron chi connectivity index (χ0n) is 12.2. The first-order valence-corrected chi connectivity index (χ1v) is 7.63. The van der Waals surface area contributed by atoms with Crippen LogP contribution in [0.2, 0.25) is 0 Å². The summed E-state index contributed by atoms with van der Waals surface area (Å²) >= 11 is 0. The van der Waals surface area contributed by atoms with Crippen molar-refractivity contribution in [1.82, 2.24) is 10.2 Å². The lowest BCUT2D eigenvalue weighted by molar-refractivity contribution is -0.115. The SMILES string of the molecule is O=C(Cc1ccc2ccccc2c1)Nc1n[nH]c2c1CCC2. The minimum atomic E-state index is -0.0171. The van der Waals surface area contributed by atoms with Crippen LogP contribution < -0.4 is 5.32 Å². The maximum atomic E-state index is 12.3. The molecule has 1 aliphatic rings. The Morgan fingerprint density at radius 2 is 2.00 bits per heavy atom. The Kier molecular flexibility index (Phi) is 3.15. The zero-order valence-corrected chi connectivity index (χ0v) is 12.2. The molecule has 0 saturated heterocycles. The fraction of sp³-hybridized carbons (Fsp3) is 0.222. The highest BCUT2D eigenvalue weighted by atomic mass is 16.1. The molecule has 2 aromatic carbocycles. The predicted molar refractivity (Wildman–Crippen MR) is 86.9 cm³/mol. The highest BCUT2D eigenvalue weighted by Crippen LogP contribution is 2.26. The first kappa shape index (κ1) is 13.1. The van der Waals surface area contributed by atoms with Crippen LogP contribution in [0.4, 0.5) is 5.82 Å². The summed E-state index contributed by atoms with van der Waals surface area (Å²) in [7, 11) is 0. The number of H-pyrrole nitrogens is 1. The van der Waals surface area contributed by atoms with Gasteiger partial charge in [-0.15, -0.1) is 0 Å². The number of aryl methyl sites for hydroxylation is 1. The normalized spacial score (nSPS) is 13.3. The molecule has 22 heavy (non-hydrogen) atoms. The minimum absolute atomic E-state index is 0.0171. The average Bonchev–Trinajstić information content (AvgIpc) is 3.12. The van der Waals surface area contributed by atoms with Gasteiger partial charge in [-0.25, -0.2) is 0 Å². The fourth-order valence-corrected chi connectivity index (χ4v) is 3.13. The van der Waals surface area contributed by atoms with Crippen LogP contribution in [0.15, 0.2) is 42.5 Å². The topological polar surface area (TPSA) is 57.8 Å². The Balaban J connectivity index is 1.50. The van der Waals surface area contributed by atoms with Crippen LogP contribution in [-0.4, -0.2) is 16.1 Å². The van der Waals surface area contributed by atoms with Gasteiger partial charge in [0, 0.05) is 11.3 Å². The van der Waals surface area contributed by atoms with Crippen LogP contribution in [0.3, 0.4) is 0 Å². The number of aromatic amines is 1. The Morgan fingerprint density at radius 1 is 1.14 bits per heavy atom. The predicted octanol–water partition coefficient (Wildman–Crippen LogP) is 3.23. The monoisotopic (exact) mass is 291 g/mol. The molecule has 4 nitrogen and oxygen atoms in total. The van der Waals surface area contributed by atoms with Crippen LogP contribution in [0.5, 0.6) is 0 Å². The van der Waals surface area contributed by atoms with Crippen LogP contribution in [-0.2, 0) is 24.1 Å². The van der Waals surface area contributed by atoms with Crippen molar-refractivity contribution in [3.05, 3.63) is 59.3 Å². The van der Waals surface area contributed by atoms with Crippen LogP contribution in [0.1, 0.15) is 23.2 Å². The summed E-state index contributed by atoms with van der Waals surface area (Å²) in [6.07, 6.45) is 3.53. The summed E-state index contributed by atoms with van der Waals surface area (Å²) < 4.78 is 0. The second kappa shape index (κ2) is 5.30. The number of hydrogen-bond donors (Lipinski definition) is 2. The number of hydrogen-bond acceptors (Lipinski definition) is 2. The number of benzene rings is 2. The van der Waals surface area contributed by atoms with Gasteiger partial charge < -0.3 is 5.32 Å². The van der Waals surface area contributed by atoms with Crippen LogP contribution in [0, 0.1) is 0 Å². The first-order chi connectivity index (χ1) is 10.8. The highest BCUT2D eigenvalue weighted by Gasteiger charge is 2.19. The molecule has 1 aliphatic carbocycles. The Bertz CT molecular complexity index is 850. The molecule has 0 fully saturated rings. The lowest BCUT2D eigenvalue weighted by Crippen LogP contribution is -2.15. The number of fused-ring (bicyclic) bond motifs is 2. The number of anilines is 1. The smallest absolute Gasteiger partial charge is 0.230 e. The average molecular weight is 291 g/mol. The molecule has 0 saturated carbocycles. The van der Waals surface area contributed by atoms with Crippen molar-refractivity contribution in [2.45, 2.75) is 25.7 Å². The summed E-state index contributed by atoms with van der Waals surface area (Å²) in [4.78, 5) is 12.3. The molecule has 3 aromatic rings. The van der Waals surface area contributed by atoms with Crippen molar-refractivity contribution in [1.29, 1.82) is 0 Å². The van der Waals surface area contributed by atoms with Gasteiger partial charge in [0.1, 0.15) is 0 Å². The molecule has 4 heteroatoms. The third-order valence-corrected chi connectivity index (χ3v) is 4.24. The van der Waals surface area contributed by atoms with Gasteiger partial charge in [0.2, 0.25) is 5.91 Å². The van der Waals surface area contributed by atoms with E-state index in [1.54, 1.807) is 0 Å². The van der Waals surface area contributed by atoms with E-state index in [-0.39, 0.29) is 5.91 Å². The van der Waals surface area contributed by atoms with Gasteiger partial charge in [-0.2, -0.15) is 5.10 Å². The summed E-state index contributed by atoms with van der Waals surface area (Å²) in [5.41, 5.74) is 3.36. The van der Waals surface area contributed by atoms with E-state index in [0.717, 1.165) is 30.2 Å². The second-order valence-corrected chi connectivity index (χ2v) is 5.79. The van der Waals surface area contributed by atoms with E-state index in [9.17, 15) is 4.79 Å². The molecule has 0 unspecified atom stereocenters. The van der Waals surface area contributed by atoms with Crippen molar-refractivity contribution in [3.63, 3.8) is 0 Å². The first-order valence-electron chi connectivity index (χ1n) is 7.63. The minimum Gasteiger partial charge on any atom is -0.309 e. The zero-order chi connectivity index (χ0) is 14.9. The molecule has 1 aromatic heterocycles. The maximum absolute atomic E-state index is 12.3. The molecule has 0 bridgehead atoms. The van der Waals surface area contributed by atoms with Gasteiger partial charge in [0.25, 0.3) is 0 Å². The Hall–Kier alpha value is -2.62. The van der Waals surface area contributed by atoms with E-state index in [0.29, 0.717) is 12.2 Å². The second-order valence-electron chi connectivity index (χ2n) is 5.79. The van der Waals surface area contributed by atoms with Crippen molar-refractivity contribution < 1.29 is 4.79 Å². The largest absolute Gasteiger partial charge is 0.309 e. The fourth-order valence-electron chi connectivity index (χ4n) is 3.13. The molecular formula is C18H17N3O. The van der Waals surface area contributed by atoms with Crippen LogP contribution >= 0.6 is 0 Å². The molecule has 0 spiro atoms. The number of amides is 1. The molecular weight excluding hydrogens is 274 g/mol. The van der Waals surface area contributed by atoms with Gasteiger partial charge in [-0.3, -0.25) is 9.89 Å². The van der Waals surface area contributed by atoms with Crippen molar-refractivity contribution in [2.75, 3.05) is 5.32 Å². The number of nitrogens with one attached hydrogen (secondary N) is 2. The van der Waals surface area contributed by atoms with E-state index < -0.39 is 0 Å². The summed E-state index contributed by atoms with van der Waals surface area (Å²) in [6.45, 7) is 0. The quantitative estimate of drug-likeness (QED) is 0.778. The highest BCUT2D eigenvalue weighted by molar-refractivity contribution is 5.93. The van der Waals surface area contributed by atoms with E-state index in [1.807, 2.05) is 18.2 Å². The summed E-state index contributed by atoms with van der Waals surface area (Å²) in [5.74, 6) is 0.690. The molecule has 110 valence electrons. The number of carbonyl (C=O) groups excluding carboxylic acids is 1. The van der Waals surface area contributed by atoms with Crippen molar-refractivity contribution in [2.24, 2.45) is 0 Å².